The van der Waals surface area contributed by atoms with Crippen molar-refractivity contribution in [3.05, 3.63) is 70.6 Å². The normalized spacial score (nSPS) is 26.0. The molecular formula is C39H47F4N4O6PS. The molecule has 1 saturated carbocycles. The van der Waals surface area contributed by atoms with E-state index in [1.165, 1.54) is 29.8 Å². The Kier molecular flexibility index (Phi) is 11.3. The smallest absolute Gasteiger partial charge is 0.340 e. The summed E-state index contributed by atoms with van der Waals surface area (Å²) in [5.74, 6) is -3.35. The lowest BCUT2D eigenvalue weighted by molar-refractivity contribution is -0.148. The maximum absolute atomic E-state index is 14.6. The Morgan fingerprint density at radius 1 is 1.07 bits per heavy atom. The Balaban J connectivity index is 1.14. The van der Waals surface area contributed by atoms with Crippen molar-refractivity contribution in [1.82, 2.24) is 20.0 Å². The Hall–Kier alpha value is -3.36. The summed E-state index contributed by atoms with van der Waals surface area (Å²) in [4.78, 5) is 67.7. The van der Waals surface area contributed by atoms with E-state index >= 15 is 0 Å². The molecule has 3 aliphatic heterocycles. The predicted molar refractivity (Wildman–Crippen MR) is 200 cm³/mol. The standard InChI is InChI=1S/C39H47F4N4O6PS/c1-2-45(18-6-15-39(41,42)43)28-10-12-30(44-35(48)33-20-26-19-25(9-14-32(26)55-33)34(40)54(51,52)53)36(49)47-29(21-28)11-13-31(47)37(50)46-23-27(22-38(46)16-17-38)24-7-4-3-5-8-24/h3-5,7-9,14,19-20,27-31,34H,2,6,10-13,15-18,21-23H2,1H3,(H,44,48)(H2,51,52,53)/t27-,28+,29-,30+,31+,34+/m1/s1. The van der Waals surface area contributed by atoms with Gasteiger partial charge in [-0.1, -0.05) is 43.3 Å². The molecule has 3 N–H and O–H groups in total. The minimum absolute atomic E-state index is 0.0625. The number of fused-ring (bicyclic) bond motifs is 2. The van der Waals surface area contributed by atoms with E-state index < -0.39 is 44.1 Å². The maximum atomic E-state index is 14.6. The molecule has 4 heterocycles. The van der Waals surface area contributed by atoms with Gasteiger partial charge in [-0.3, -0.25) is 18.9 Å². The molecule has 298 valence electrons. The molecule has 0 unspecified atom stereocenters. The summed E-state index contributed by atoms with van der Waals surface area (Å²) in [7, 11) is -5.05. The van der Waals surface area contributed by atoms with Gasteiger partial charge < -0.3 is 29.8 Å². The highest BCUT2D eigenvalue weighted by Gasteiger charge is 2.58. The number of thiophene rings is 1. The van der Waals surface area contributed by atoms with Crippen LogP contribution in [0.3, 0.4) is 0 Å². The highest BCUT2D eigenvalue weighted by molar-refractivity contribution is 7.51. The molecule has 4 aliphatic rings. The molecular weight excluding hydrogens is 759 g/mol. The number of benzene rings is 2. The second kappa shape index (κ2) is 15.5. The SMILES string of the molecule is CCN(CCCC(F)(F)F)[C@H]1CC[C@H](NC(=O)c2cc3cc([C@@H](F)P(=O)(O)O)ccc3s2)C(=O)N2[C@H](CC[C@H]2C(=O)N2C[C@H](c3ccccc3)CC23CC3)C1. The van der Waals surface area contributed by atoms with Crippen LogP contribution in [-0.4, -0.2) is 97.7 Å². The molecule has 1 aliphatic carbocycles. The third-order valence-electron chi connectivity index (χ3n) is 12.1. The quantitative estimate of drug-likeness (QED) is 0.137. The van der Waals surface area contributed by atoms with Crippen molar-refractivity contribution in [1.29, 1.82) is 0 Å². The Bertz CT molecular complexity index is 1950. The second-order valence-corrected chi connectivity index (χ2v) is 18.4. The van der Waals surface area contributed by atoms with Gasteiger partial charge in [0.15, 0.2) is 0 Å². The van der Waals surface area contributed by atoms with E-state index in [4.69, 9.17) is 0 Å². The number of halogens is 4. The molecule has 16 heteroatoms. The van der Waals surface area contributed by atoms with E-state index in [0.717, 1.165) is 30.6 Å². The van der Waals surface area contributed by atoms with Gasteiger partial charge in [0, 0.05) is 41.2 Å². The average Bonchev–Trinajstić information content (AvgIpc) is 3.44. The van der Waals surface area contributed by atoms with Gasteiger partial charge in [-0.05, 0) is 106 Å². The Morgan fingerprint density at radius 2 is 1.82 bits per heavy atom. The zero-order valence-electron chi connectivity index (χ0n) is 30.6. The summed E-state index contributed by atoms with van der Waals surface area (Å²) in [5.41, 5.74) is 0.721. The lowest BCUT2D eigenvalue weighted by Gasteiger charge is -2.41. The maximum Gasteiger partial charge on any atom is 0.389 e. The highest BCUT2D eigenvalue weighted by Crippen LogP contribution is 2.55. The van der Waals surface area contributed by atoms with Crippen molar-refractivity contribution in [3.8, 4) is 0 Å². The summed E-state index contributed by atoms with van der Waals surface area (Å²) in [5, 5.41) is 3.31. The van der Waals surface area contributed by atoms with Gasteiger partial charge in [0.05, 0.1) is 4.88 Å². The van der Waals surface area contributed by atoms with Gasteiger partial charge in [-0.2, -0.15) is 13.2 Å². The van der Waals surface area contributed by atoms with Crippen LogP contribution in [0.2, 0.25) is 0 Å². The van der Waals surface area contributed by atoms with Crippen LogP contribution in [0.15, 0.2) is 54.6 Å². The van der Waals surface area contributed by atoms with Crippen LogP contribution >= 0.6 is 18.9 Å². The minimum Gasteiger partial charge on any atom is -0.340 e. The molecule has 4 fully saturated rings. The van der Waals surface area contributed by atoms with E-state index in [-0.39, 0.29) is 65.2 Å². The minimum atomic E-state index is -5.05. The fraction of sp³-hybridized carbons (Fsp3) is 0.564. The number of hydrogen-bond acceptors (Lipinski definition) is 6. The molecule has 3 amide bonds. The molecule has 1 spiro atoms. The van der Waals surface area contributed by atoms with E-state index in [2.05, 4.69) is 17.4 Å². The largest absolute Gasteiger partial charge is 0.389 e. The van der Waals surface area contributed by atoms with Crippen LogP contribution in [-0.2, 0) is 14.2 Å². The van der Waals surface area contributed by atoms with Crippen LogP contribution in [0, 0.1) is 0 Å². The lowest BCUT2D eigenvalue weighted by Crippen LogP contribution is -2.59. The first kappa shape index (κ1) is 39.9. The molecule has 7 rings (SSSR count). The van der Waals surface area contributed by atoms with E-state index in [0.29, 0.717) is 48.9 Å². The van der Waals surface area contributed by atoms with Crippen LogP contribution in [0.5, 0.6) is 0 Å². The van der Waals surface area contributed by atoms with Crippen molar-refractivity contribution < 1.29 is 46.3 Å². The number of amides is 3. The van der Waals surface area contributed by atoms with Crippen molar-refractivity contribution >= 4 is 46.7 Å². The molecule has 0 bridgehead atoms. The molecule has 6 atom stereocenters. The number of hydrogen-bond donors (Lipinski definition) is 3. The monoisotopic (exact) mass is 806 g/mol. The van der Waals surface area contributed by atoms with Crippen molar-refractivity contribution in [2.45, 2.75) is 119 Å². The first-order valence-electron chi connectivity index (χ1n) is 19.1. The topological polar surface area (TPSA) is 130 Å². The lowest BCUT2D eigenvalue weighted by atomic mass is 9.93. The second-order valence-electron chi connectivity index (χ2n) is 15.7. The number of rotatable bonds is 11. The summed E-state index contributed by atoms with van der Waals surface area (Å²) < 4.78 is 65.9. The number of likely N-dealkylation sites (tertiary alicyclic amines) is 1. The van der Waals surface area contributed by atoms with E-state index in [1.807, 2.05) is 34.9 Å². The number of carbonyl (C=O) groups is 3. The molecule has 55 heavy (non-hydrogen) atoms. The highest BCUT2D eigenvalue weighted by atomic mass is 32.1. The summed E-state index contributed by atoms with van der Waals surface area (Å²) in [6.07, 6.45) is -0.391. The molecule has 3 saturated heterocycles. The number of nitrogens with one attached hydrogen (secondary N) is 1. The van der Waals surface area contributed by atoms with Gasteiger partial charge in [-0.25, -0.2) is 4.39 Å². The predicted octanol–water partition coefficient (Wildman–Crippen LogP) is 7.27. The van der Waals surface area contributed by atoms with E-state index in [1.54, 1.807) is 4.90 Å². The molecule has 3 aromatic rings. The molecule has 1 aromatic heterocycles. The third-order valence-corrected chi connectivity index (χ3v) is 14.1. The van der Waals surface area contributed by atoms with Gasteiger partial charge in [0.1, 0.15) is 12.1 Å². The van der Waals surface area contributed by atoms with Gasteiger partial charge >= 0.3 is 13.8 Å². The van der Waals surface area contributed by atoms with Crippen LogP contribution in [0.25, 0.3) is 10.1 Å². The van der Waals surface area contributed by atoms with Crippen LogP contribution in [0.4, 0.5) is 17.6 Å². The fourth-order valence-corrected chi connectivity index (χ4v) is 10.7. The first-order valence-corrected chi connectivity index (χ1v) is 21.6. The van der Waals surface area contributed by atoms with Crippen molar-refractivity contribution in [2.24, 2.45) is 0 Å². The number of nitrogens with zero attached hydrogens (tertiary/aromatic N) is 3. The van der Waals surface area contributed by atoms with Crippen molar-refractivity contribution in [3.63, 3.8) is 0 Å². The average molecular weight is 807 g/mol. The first-order chi connectivity index (χ1) is 26.1. The van der Waals surface area contributed by atoms with Gasteiger partial charge in [0.2, 0.25) is 17.7 Å². The molecule has 2 aromatic carbocycles. The zero-order valence-corrected chi connectivity index (χ0v) is 32.3. The Labute approximate surface area is 321 Å². The van der Waals surface area contributed by atoms with Crippen LogP contribution in [0.1, 0.15) is 104 Å². The summed E-state index contributed by atoms with van der Waals surface area (Å²) in [6, 6.07) is 13.4. The van der Waals surface area contributed by atoms with Gasteiger partial charge in [0.25, 0.3) is 5.91 Å². The Morgan fingerprint density at radius 3 is 2.49 bits per heavy atom. The fourth-order valence-electron chi connectivity index (χ4n) is 9.20. The number of alkyl halides is 4. The summed E-state index contributed by atoms with van der Waals surface area (Å²) in [6.45, 7) is 3.19. The number of carbonyl (C=O) groups excluding carboxylic acids is 3. The van der Waals surface area contributed by atoms with Crippen molar-refractivity contribution in [2.75, 3.05) is 19.6 Å². The van der Waals surface area contributed by atoms with E-state index in [9.17, 15) is 46.3 Å². The molecule has 10 nitrogen and oxygen atoms in total. The zero-order chi connectivity index (χ0) is 39.3. The third kappa shape index (κ3) is 8.51. The van der Waals surface area contributed by atoms with Gasteiger partial charge in [-0.15, -0.1) is 11.3 Å². The summed E-state index contributed by atoms with van der Waals surface area (Å²) >= 11 is 1.08. The molecule has 0 radical (unpaired) electrons. The van der Waals surface area contributed by atoms with Crippen LogP contribution < -0.4 is 5.32 Å².